The van der Waals surface area contributed by atoms with Crippen LogP contribution >= 0.6 is 0 Å². The van der Waals surface area contributed by atoms with Crippen LogP contribution in [0, 0.1) is 23.7 Å². The van der Waals surface area contributed by atoms with Gasteiger partial charge in [0.1, 0.15) is 5.75 Å². The molecule has 0 unspecified atom stereocenters. The lowest BCUT2D eigenvalue weighted by Crippen LogP contribution is -2.42. The summed E-state index contributed by atoms with van der Waals surface area (Å²) in [5.74, 6) is -0.675. The molecule has 0 aromatic heterocycles. The van der Waals surface area contributed by atoms with Crippen LogP contribution in [0.15, 0.2) is 24.3 Å². The molecule has 3 rings (SSSR count). The van der Waals surface area contributed by atoms with Crippen molar-refractivity contribution in [2.75, 3.05) is 7.11 Å². The van der Waals surface area contributed by atoms with Crippen molar-refractivity contribution >= 4 is 11.9 Å². The molecule has 2 bridgehead atoms. The molecule has 2 aliphatic carbocycles. The minimum Gasteiger partial charge on any atom is -0.497 e. The molecule has 2 fully saturated rings. The van der Waals surface area contributed by atoms with E-state index in [0.29, 0.717) is 0 Å². The molecule has 1 amide bonds. The summed E-state index contributed by atoms with van der Waals surface area (Å²) in [6.07, 6.45) is 2.80. The molecule has 5 atom stereocenters. The number of rotatable bonds is 5. The van der Waals surface area contributed by atoms with Crippen molar-refractivity contribution in [1.29, 1.82) is 0 Å². The van der Waals surface area contributed by atoms with Gasteiger partial charge in [-0.15, -0.1) is 0 Å². The Balaban J connectivity index is 1.69. The zero-order valence-electron chi connectivity index (χ0n) is 13.5. The third-order valence-electron chi connectivity index (χ3n) is 5.48. The zero-order chi connectivity index (χ0) is 16.6. The first-order chi connectivity index (χ1) is 11.0. The fraction of sp³-hybridized carbons (Fsp3) is 0.556. The largest absolute Gasteiger partial charge is 0.497 e. The summed E-state index contributed by atoms with van der Waals surface area (Å²) in [6, 6.07) is 7.39. The lowest BCUT2D eigenvalue weighted by molar-refractivity contribution is -0.149. The number of methoxy groups -OCH3 is 1. The van der Waals surface area contributed by atoms with Crippen LogP contribution in [0.3, 0.4) is 0 Å². The summed E-state index contributed by atoms with van der Waals surface area (Å²) < 4.78 is 5.13. The number of amides is 1. The molecule has 5 nitrogen and oxygen atoms in total. The summed E-state index contributed by atoms with van der Waals surface area (Å²) in [4.78, 5) is 24.2. The number of fused-ring (bicyclic) bond motifs is 2. The zero-order valence-corrected chi connectivity index (χ0v) is 13.5. The normalized spacial score (nSPS) is 30.0. The van der Waals surface area contributed by atoms with Gasteiger partial charge in [-0.05, 0) is 55.7 Å². The average Bonchev–Trinajstić information content (AvgIpc) is 3.15. The molecule has 5 heteroatoms. The van der Waals surface area contributed by atoms with Crippen LogP contribution in [0.25, 0.3) is 0 Å². The lowest BCUT2D eigenvalue weighted by atomic mass is 9.78. The average molecular weight is 317 g/mol. The monoisotopic (exact) mass is 317 g/mol. The molecule has 2 saturated carbocycles. The minimum atomic E-state index is -0.825. The Morgan fingerprint density at radius 1 is 1.17 bits per heavy atom. The van der Waals surface area contributed by atoms with E-state index in [1.165, 1.54) is 0 Å². The molecule has 1 aromatic rings. The van der Waals surface area contributed by atoms with E-state index < -0.39 is 11.9 Å². The summed E-state index contributed by atoms with van der Waals surface area (Å²) >= 11 is 0. The number of carbonyl (C=O) groups excluding carboxylic acids is 1. The Morgan fingerprint density at radius 3 is 2.35 bits per heavy atom. The standard InChI is InChI=1S/C18H23NO4/c1-10(11-5-7-14(23-2)8-6-11)19-17(20)15-12-3-4-13(9-12)16(15)18(21)22/h5-8,10,12-13,15-16H,3-4,9H2,1-2H3,(H,19,20)(H,21,22)/t10-,12+,13-,15+,16-/m0/s1. The minimum absolute atomic E-state index is 0.118. The molecule has 1 aromatic carbocycles. The van der Waals surface area contributed by atoms with Crippen molar-refractivity contribution < 1.29 is 19.4 Å². The van der Waals surface area contributed by atoms with Gasteiger partial charge in [-0.1, -0.05) is 12.1 Å². The fourth-order valence-corrected chi connectivity index (χ4v) is 4.31. The van der Waals surface area contributed by atoms with Crippen LogP contribution in [-0.4, -0.2) is 24.1 Å². The fourth-order valence-electron chi connectivity index (χ4n) is 4.31. The first-order valence-corrected chi connectivity index (χ1v) is 8.18. The van der Waals surface area contributed by atoms with Crippen LogP contribution in [0.4, 0.5) is 0 Å². The third-order valence-corrected chi connectivity index (χ3v) is 5.48. The topological polar surface area (TPSA) is 75.6 Å². The van der Waals surface area contributed by atoms with E-state index in [2.05, 4.69) is 5.32 Å². The maximum absolute atomic E-state index is 12.7. The highest BCUT2D eigenvalue weighted by molar-refractivity contribution is 5.86. The molecule has 0 heterocycles. The van der Waals surface area contributed by atoms with Gasteiger partial charge in [0, 0.05) is 0 Å². The smallest absolute Gasteiger partial charge is 0.307 e. The molecular weight excluding hydrogens is 294 g/mol. The number of benzene rings is 1. The first-order valence-electron chi connectivity index (χ1n) is 8.18. The number of ether oxygens (including phenoxy) is 1. The van der Waals surface area contributed by atoms with Crippen LogP contribution in [0.1, 0.15) is 37.8 Å². The van der Waals surface area contributed by atoms with Gasteiger partial charge in [0.15, 0.2) is 0 Å². The van der Waals surface area contributed by atoms with E-state index in [1.807, 2.05) is 31.2 Å². The highest BCUT2D eigenvalue weighted by Gasteiger charge is 2.54. The molecule has 124 valence electrons. The van der Waals surface area contributed by atoms with Crippen LogP contribution in [0.5, 0.6) is 5.75 Å². The Morgan fingerprint density at radius 2 is 1.78 bits per heavy atom. The number of hydrogen-bond donors (Lipinski definition) is 2. The van der Waals surface area contributed by atoms with Gasteiger partial charge in [0.2, 0.25) is 5.91 Å². The van der Waals surface area contributed by atoms with E-state index >= 15 is 0 Å². The van der Waals surface area contributed by atoms with Gasteiger partial charge < -0.3 is 15.2 Å². The second-order valence-corrected chi connectivity index (χ2v) is 6.73. The number of aliphatic carboxylic acids is 1. The maximum Gasteiger partial charge on any atom is 0.307 e. The quantitative estimate of drug-likeness (QED) is 0.875. The van der Waals surface area contributed by atoms with E-state index in [0.717, 1.165) is 30.6 Å². The van der Waals surface area contributed by atoms with Gasteiger partial charge >= 0.3 is 5.97 Å². The molecule has 0 spiro atoms. The van der Waals surface area contributed by atoms with E-state index in [9.17, 15) is 14.7 Å². The first kappa shape index (κ1) is 15.8. The number of hydrogen-bond acceptors (Lipinski definition) is 3. The van der Waals surface area contributed by atoms with E-state index in [4.69, 9.17) is 4.74 Å². The van der Waals surface area contributed by atoms with Gasteiger partial charge in [0.05, 0.1) is 25.0 Å². The van der Waals surface area contributed by atoms with Crippen molar-refractivity contribution in [3.05, 3.63) is 29.8 Å². The predicted octanol–water partition coefficient (Wildman–Crippen LogP) is 2.62. The van der Waals surface area contributed by atoms with Gasteiger partial charge in [0.25, 0.3) is 0 Å². The number of nitrogens with one attached hydrogen (secondary N) is 1. The summed E-state index contributed by atoms with van der Waals surface area (Å²) in [5, 5.41) is 12.5. The molecule has 23 heavy (non-hydrogen) atoms. The molecule has 0 radical (unpaired) electrons. The highest BCUT2D eigenvalue weighted by Crippen LogP contribution is 2.52. The van der Waals surface area contributed by atoms with Gasteiger partial charge in [-0.25, -0.2) is 0 Å². The molecule has 2 aliphatic rings. The summed E-state index contributed by atoms with van der Waals surface area (Å²) in [5.41, 5.74) is 0.981. The number of carbonyl (C=O) groups is 2. The summed E-state index contributed by atoms with van der Waals surface area (Å²) in [6.45, 7) is 1.92. The molecular formula is C18H23NO4. The Hall–Kier alpha value is -2.04. The Labute approximate surface area is 136 Å². The third kappa shape index (κ3) is 2.92. The van der Waals surface area contributed by atoms with E-state index in [-0.39, 0.29) is 29.7 Å². The van der Waals surface area contributed by atoms with Gasteiger partial charge in [-0.2, -0.15) is 0 Å². The van der Waals surface area contributed by atoms with Crippen LogP contribution in [-0.2, 0) is 9.59 Å². The van der Waals surface area contributed by atoms with Crippen molar-refractivity contribution in [2.45, 2.75) is 32.2 Å². The summed E-state index contributed by atoms with van der Waals surface area (Å²) in [7, 11) is 1.61. The number of carboxylic acid groups (broad SMARTS) is 1. The molecule has 2 N–H and O–H groups in total. The van der Waals surface area contributed by atoms with Crippen molar-refractivity contribution in [3.8, 4) is 5.75 Å². The highest BCUT2D eigenvalue weighted by atomic mass is 16.5. The van der Waals surface area contributed by atoms with Gasteiger partial charge in [-0.3, -0.25) is 9.59 Å². The lowest BCUT2D eigenvalue weighted by Gasteiger charge is -2.28. The van der Waals surface area contributed by atoms with Crippen LogP contribution in [0.2, 0.25) is 0 Å². The predicted molar refractivity (Wildman–Crippen MR) is 85.0 cm³/mol. The SMILES string of the molecule is COc1ccc([C@H](C)NC(=O)[C@@H]2[C@@H]3CC[C@@H](C3)[C@@H]2C(=O)O)cc1. The van der Waals surface area contributed by atoms with Crippen molar-refractivity contribution in [2.24, 2.45) is 23.7 Å². The van der Waals surface area contributed by atoms with Crippen molar-refractivity contribution in [3.63, 3.8) is 0 Å². The maximum atomic E-state index is 12.7. The van der Waals surface area contributed by atoms with Crippen molar-refractivity contribution in [1.82, 2.24) is 5.32 Å². The number of carboxylic acids is 1. The van der Waals surface area contributed by atoms with E-state index in [1.54, 1.807) is 7.11 Å². The van der Waals surface area contributed by atoms with Crippen LogP contribution < -0.4 is 10.1 Å². The molecule has 0 saturated heterocycles. The Kier molecular flexibility index (Phi) is 4.28. The Bertz CT molecular complexity index is 598. The second kappa shape index (κ2) is 6.22. The second-order valence-electron chi connectivity index (χ2n) is 6.73. The molecule has 0 aliphatic heterocycles.